The number of nitrogens with zero attached hydrogens (tertiary/aromatic N) is 1. The number of carbonyl (C=O) groups is 1. The van der Waals surface area contributed by atoms with Crippen molar-refractivity contribution in [3.63, 3.8) is 0 Å². The molecule has 0 fully saturated rings. The average Bonchev–Trinajstić information content (AvgIpc) is 2.55. The summed E-state index contributed by atoms with van der Waals surface area (Å²) in [5.74, 6) is 0.166. The molecule has 0 saturated heterocycles. The summed E-state index contributed by atoms with van der Waals surface area (Å²) >= 11 is 3.03. The molecule has 5 heteroatoms. The zero-order valence-corrected chi connectivity index (χ0v) is 9.77. The van der Waals surface area contributed by atoms with E-state index in [0.717, 1.165) is 10.6 Å². The SMILES string of the molecule is CC(C)C(SCc1cncs1)C(=O)O. The van der Waals surface area contributed by atoms with Crippen LogP contribution in [0.1, 0.15) is 18.7 Å². The van der Waals surface area contributed by atoms with Crippen LogP contribution in [0.4, 0.5) is 0 Å². The Kier molecular flexibility index (Phi) is 4.41. The smallest absolute Gasteiger partial charge is 0.316 e. The van der Waals surface area contributed by atoms with Gasteiger partial charge in [-0.05, 0) is 5.92 Å². The minimum Gasteiger partial charge on any atom is -0.480 e. The van der Waals surface area contributed by atoms with E-state index in [1.54, 1.807) is 23.0 Å². The van der Waals surface area contributed by atoms with Crippen molar-refractivity contribution in [3.8, 4) is 0 Å². The van der Waals surface area contributed by atoms with Crippen molar-refractivity contribution in [2.24, 2.45) is 5.92 Å². The summed E-state index contributed by atoms with van der Waals surface area (Å²) in [7, 11) is 0. The van der Waals surface area contributed by atoms with Gasteiger partial charge >= 0.3 is 5.97 Å². The Labute approximate surface area is 91.6 Å². The minimum atomic E-state index is -0.727. The van der Waals surface area contributed by atoms with Crippen LogP contribution in [0.15, 0.2) is 11.7 Å². The van der Waals surface area contributed by atoms with Crippen LogP contribution >= 0.6 is 23.1 Å². The molecule has 3 nitrogen and oxygen atoms in total. The second-order valence-corrected chi connectivity index (χ2v) is 5.38. The van der Waals surface area contributed by atoms with Gasteiger partial charge in [-0.3, -0.25) is 9.78 Å². The molecule has 0 aliphatic rings. The van der Waals surface area contributed by atoms with Gasteiger partial charge in [0.25, 0.3) is 0 Å². The highest BCUT2D eigenvalue weighted by molar-refractivity contribution is 7.99. The second kappa shape index (κ2) is 5.36. The number of thiazole rings is 1. The number of hydrogen-bond acceptors (Lipinski definition) is 4. The van der Waals surface area contributed by atoms with E-state index in [-0.39, 0.29) is 11.2 Å². The van der Waals surface area contributed by atoms with E-state index < -0.39 is 5.97 Å². The lowest BCUT2D eigenvalue weighted by Gasteiger charge is -2.14. The Bertz CT molecular complexity index is 285. The molecule has 1 heterocycles. The fraction of sp³-hybridized carbons (Fsp3) is 0.556. The third-order valence-electron chi connectivity index (χ3n) is 1.74. The van der Waals surface area contributed by atoms with E-state index in [4.69, 9.17) is 5.11 Å². The second-order valence-electron chi connectivity index (χ2n) is 3.28. The molecule has 1 aromatic heterocycles. The number of thioether (sulfide) groups is 1. The highest BCUT2D eigenvalue weighted by Gasteiger charge is 2.21. The van der Waals surface area contributed by atoms with E-state index in [0.29, 0.717) is 0 Å². The Morgan fingerprint density at radius 1 is 1.71 bits per heavy atom. The summed E-state index contributed by atoms with van der Waals surface area (Å²) in [4.78, 5) is 15.9. The lowest BCUT2D eigenvalue weighted by Crippen LogP contribution is -2.22. The molecular formula is C9H13NO2S2. The van der Waals surface area contributed by atoms with Gasteiger partial charge in [0, 0.05) is 16.8 Å². The minimum absolute atomic E-state index is 0.158. The van der Waals surface area contributed by atoms with Crippen LogP contribution in [-0.4, -0.2) is 21.3 Å². The third-order valence-corrected chi connectivity index (χ3v) is 4.28. The van der Waals surface area contributed by atoms with Gasteiger partial charge in [0.05, 0.1) is 5.51 Å². The lowest BCUT2D eigenvalue weighted by atomic mass is 10.1. The molecule has 0 aliphatic heterocycles. The van der Waals surface area contributed by atoms with Gasteiger partial charge < -0.3 is 5.11 Å². The number of aliphatic carboxylic acids is 1. The molecule has 0 aliphatic carbocycles. The van der Waals surface area contributed by atoms with Crippen LogP contribution in [0.2, 0.25) is 0 Å². The molecule has 0 aromatic carbocycles. The molecule has 1 atom stereocenters. The third kappa shape index (κ3) is 3.31. The first kappa shape index (κ1) is 11.5. The maximum absolute atomic E-state index is 10.9. The summed E-state index contributed by atoms with van der Waals surface area (Å²) in [5, 5.41) is 8.62. The van der Waals surface area contributed by atoms with Crippen molar-refractivity contribution >= 4 is 29.1 Å². The summed E-state index contributed by atoms with van der Waals surface area (Å²) < 4.78 is 0. The lowest BCUT2D eigenvalue weighted by molar-refractivity contribution is -0.137. The summed E-state index contributed by atoms with van der Waals surface area (Å²) in [6.07, 6.45) is 1.79. The molecule has 0 radical (unpaired) electrons. The Morgan fingerprint density at radius 3 is 2.86 bits per heavy atom. The van der Waals surface area contributed by atoms with Crippen molar-refractivity contribution in [2.45, 2.75) is 24.9 Å². The van der Waals surface area contributed by atoms with Crippen LogP contribution in [0.25, 0.3) is 0 Å². The predicted molar refractivity (Wildman–Crippen MR) is 59.7 cm³/mol. The number of rotatable bonds is 5. The van der Waals surface area contributed by atoms with E-state index >= 15 is 0 Å². The van der Waals surface area contributed by atoms with Crippen molar-refractivity contribution in [1.82, 2.24) is 4.98 Å². The van der Waals surface area contributed by atoms with Crippen LogP contribution < -0.4 is 0 Å². The van der Waals surface area contributed by atoms with Crippen LogP contribution in [0, 0.1) is 5.92 Å². The molecule has 0 spiro atoms. The largest absolute Gasteiger partial charge is 0.480 e. The van der Waals surface area contributed by atoms with Crippen LogP contribution in [-0.2, 0) is 10.5 Å². The topological polar surface area (TPSA) is 50.2 Å². The number of aromatic nitrogens is 1. The number of carboxylic acid groups (broad SMARTS) is 1. The molecule has 0 saturated carbocycles. The van der Waals surface area contributed by atoms with Gasteiger partial charge in [-0.25, -0.2) is 0 Å². The highest BCUT2D eigenvalue weighted by Crippen LogP contribution is 2.25. The Balaban J connectivity index is 2.45. The van der Waals surface area contributed by atoms with Gasteiger partial charge in [-0.2, -0.15) is 0 Å². The predicted octanol–water partition coefficient (Wildman–Crippen LogP) is 2.49. The zero-order chi connectivity index (χ0) is 10.6. The maximum Gasteiger partial charge on any atom is 0.316 e. The molecule has 0 amide bonds. The monoisotopic (exact) mass is 231 g/mol. The summed E-state index contributed by atoms with van der Waals surface area (Å²) in [6.45, 7) is 3.86. The average molecular weight is 231 g/mol. The maximum atomic E-state index is 10.9. The van der Waals surface area contributed by atoms with Crippen LogP contribution in [0.5, 0.6) is 0 Å². The molecule has 78 valence electrons. The van der Waals surface area contributed by atoms with Crippen molar-refractivity contribution < 1.29 is 9.90 Å². The molecule has 1 aromatic rings. The standard InChI is InChI=1S/C9H13NO2S2/c1-6(2)8(9(11)12)13-4-7-3-10-5-14-7/h3,5-6,8H,4H2,1-2H3,(H,11,12). The fourth-order valence-electron chi connectivity index (χ4n) is 1.03. The van der Waals surface area contributed by atoms with Gasteiger partial charge in [0.1, 0.15) is 5.25 Å². The van der Waals surface area contributed by atoms with E-state index in [1.165, 1.54) is 11.8 Å². The normalized spacial score (nSPS) is 13.1. The van der Waals surface area contributed by atoms with Crippen LogP contribution in [0.3, 0.4) is 0 Å². The van der Waals surface area contributed by atoms with E-state index in [1.807, 2.05) is 13.8 Å². The first-order valence-corrected chi connectivity index (χ1v) is 6.26. The first-order valence-electron chi connectivity index (χ1n) is 4.33. The Morgan fingerprint density at radius 2 is 2.43 bits per heavy atom. The Hall–Kier alpha value is -0.550. The summed E-state index contributed by atoms with van der Waals surface area (Å²) in [5.41, 5.74) is 1.76. The quantitative estimate of drug-likeness (QED) is 0.846. The van der Waals surface area contributed by atoms with Gasteiger partial charge in [0.2, 0.25) is 0 Å². The van der Waals surface area contributed by atoms with E-state index in [2.05, 4.69) is 4.98 Å². The van der Waals surface area contributed by atoms with Crippen molar-refractivity contribution in [1.29, 1.82) is 0 Å². The number of hydrogen-bond donors (Lipinski definition) is 1. The fourth-order valence-corrected chi connectivity index (χ4v) is 2.84. The van der Waals surface area contributed by atoms with Gasteiger partial charge in [-0.1, -0.05) is 13.8 Å². The zero-order valence-electron chi connectivity index (χ0n) is 8.14. The van der Waals surface area contributed by atoms with Gasteiger partial charge in [-0.15, -0.1) is 23.1 Å². The molecular weight excluding hydrogens is 218 g/mol. The number of carboxylic acids is 1. The van der Waals surface area contributed by atoms with Gasteiger partial charge in [0.15, 0.2) is 0 Å². The molecule has 1 N–H and O–H groups in total. The molecule has 1 unspecified atom stereocenters. The highest BCUT2D eigenvalue weighted by atomic mass is 32.2. The first-order chi connectivity index (χ1) is 6.61. The summed E-state index contributed by atoms with van der Waals surface area (Å²) in [6, 6.07) is 0. The molecule has 0 bridgehead atoms. The molecule has 14 heavy (non-hydrogen) atoms. The van der Waals surface area contributed by atoms with Crippen molar-refractivity contribution in [3.05, 3.63) is 16.6 Å². The van der Waals surface area contributed by atoms with Crippen molar-refractivity contribution in [2.75, 3.05) is 0 Å². The molecule has 1 rings (SSSR count). The van der Waals surface area contributed by atoms with E-state index in [9.17, 15) is 4.79 Å².